The zero-order chi connectivity index (χ0) is 19.0. The third kappa shape index (κ3) is 4.80. The van der Waals surface area contributed by atoms with Gasteiger partial charge in [-0.05, 0) is 20.8 Å². The van der Waals surface area contributed by atoms with Crippen LogP contribution in [0.3, 0.4) is 0 Å². The van der Waals surface area contributed by atoms with Crippen molar-refractivity contribution in [1.82, 2.24) is 10.1 Å². The molecule has 1 atom stereocenters. The largest absolute Gasteiger partial charge is 0.444 e. The number of nitrogens with one attached hydrogen (secondary N) is 1. The number of hydrogen-bond donors (Lipinski definition) is 1. The Bertz CT molecular complexity index is 681. The van der Waals surface area contributed by atoms with Gasteiger partial charge in [-0.3, -0.25) is 14.5 Å². The zero-order valence-electron chi connectivity index (χ0n) is 15.5. The van der Waals surface area contributed by atoms with Gasteiger partial charge in [0.15, 0.2) is 11.6 Å². The molecule has 0 bridgehead atoms. The maximum Gasteiger partial charge on any atom is 0.411 e. The number of aromatic nitrogens is 1. The molecular weight excluding hydrogens is 326 g/mol. The number of carbonyl (C=O) groups excluding carboxylic acids is 3. The smallest absolute Gasteiger partial charge is 0.411 e. The van der Waals surface area contributed by atoms with Crippen molar-refractivity contribution in [3.63, 3.8) is 0 Å². The highest BCUT2D eigenvalue weighted by molar-refractivity contribution is 6.02. The van der Waals surface area contributed by atoms with Crippen molar-refractivity contribution in [1.29, 1.82) is 0 Å². The Kier molecular flexibility index (Phi) is 4.92. The van der Waals surface area contributed by atoms with Gasteiger partial charge in [0.05, 0.1) is 6.54 Å². The van der Waals surface area contributed by atoms with Crippen molar-refractivity contribution in [2.45, 2.75) is 65.0 Å². The lowest BCUT2D eigenvalue weighted by molar-refractivity contribution is -0.121. The van der Waals surface area contributed by atoms with E-state index in [4.69, 9.17) is 9.26 Å². The number of rotatable bonds is 2. The summed E-state index contributed by atoms with van der Waals surface area (Å²) in [7, 11) is 0. The van der Waals surface area contributed by atoms with Crippen LogP contribution in [-0.2, 0) is 19.7 Å². The summed E-state index contributed by atoms with van der Waals surface area (Å²) in [6, 6.07) is 0.712. The molecule has 0 radical (unpaired) electrons. The Morgan fingerprint density at radius 1 is 1.28 bits per heavy atom. The van der Waals surface area contributed by atoms with Crippen LogP contribution in [0, 0.1) is 0 Å². The van der Waals surface area contributed by atoms with Crippen molar-refractivity contribution in [3.8, 4) is 0 Å². The summed E-state index contributed by atoms with van der Waals surface area (Å²) in [4.78, 5) is 37.7. The third-order valence-corrected chi connectivity index (χ3v) is 3.58. The van der Waals surface area contributed by atoms with Gasteiger partial charge < -0.3 is 14.6 Å². The van der Waals surface area contributed by atoms with E-state index < -0.39 is 23.6 Å². The molecule has 0 spiro atoms. The van der Waals surface area contributed by atoms with Crippen molar-refractivity contribution < 1.29 is 23.6 Å². The summed E-state index contributed by atoms with van der Waals surface area (Å²) in [5.41, 5.74) is -0.959. The van der Waals surface area contributed by atoms with E-state index in [1.165, 1.54) is 0 Å². The lowest BCUT2D eigenvalue weighted by atomic mass is 9.93. The van der Waals surface area contributed by atoms with Crippen LogP contribution in [0.15, 0.2) is 10.6 Å². The molecule has 2 heterocycles. The molecule has 2 amide bonds. The average molecular weight is 351 g/mol. The first-order chi connectivity index (χ1) is 11.4. The number of anilines is 1. The molecule has 1 aromatic heterocycles. The number of nitrogens with zero attached hydrogens (tertiary/aromatic N) is 2. The second-order valence-electron chi connectivity index (χ2n) is 8.18. The van der Waals surface area contributed by atoms with Gasteiger partial charge in [-0.25, -0.2) is 4.79 Å². The molecule has 1 fully saturated rings. The summed E-state index contributed by atoms with van der Waals surface area (Å²) >= 11 is 0. The van der Waals surface area contributed by atoms with Gasteiger partial charge >= 0.3 is 6.09 Å². The molecule has 0 aliphatic carbocycles. The van der Waals surface area contributed by atoms with E-state index >= 15 is 0 Å². The van der Waals surface area contributed by atoms with Crippen LogP contribution in [0.5, 0.6) is 0 Å². The first-order valence-corrected chi connectivity index (χ1v) is 8.16. The Morgan fingerprint density at radius 3 is 2.44 bits per heavy atom. The lowest BCUT2D eigenvalue weighted by Gasteiger charge is -2.27. The molecule has 1 N–H and O–H groups in total. The molecule has 2 rings (SSSR count). The van der Waals surface area contributed by atoms with Crippen molar-refractivity contribution in [2.75, 3.05) is 11.9 Å². The summed E-state index contributed by atoms with van der Waals surface area (Å²) in [5.74, 6) is 0.180. The average Bonchev–Trinajstić information content (AvgIpc) is 3.02. The third-order valence-electron chi connectivity index (χ3n) is 3.58. The van der Waals surface area contributed by atoms with Crippen molar-refractivity contribution in [3.05, 3.63) is 11.8 Å². The molecule has 1 aromatic rings. The zero-order valence-corrected chi connectivity index (χ0v) is 15.5. The van der Waals surface area contributed by atoms with E-state index in [1.807, 2.05) is 20.8 Å². The van der Waals surface area contributed by atoms with Gasteiger partial charge in [0, 0.05) is 17.9 Å². The number of likely N-dealkylation sites (tertiary alicyclic amines) is 1. The maximum absolute atomic E-state index is 12.5. The van der Waals surface area contributed by atoms with Gasteiger partial charge in [0.2, 0.25) is 5.91 Å². The van der Waals surface area contributed by atoms with Crippen LogP contribution in [-0.4, -0.2) is 46.0 Å². The van der Waals surface area contributed by atoms with E-state index in [0.717, 1.165) is 4.90 Å². The molecule has 1 aliphatic heterocycles. The molecule has 8 nitrogen and oxygen atoms in total. The van der Waals surface area contributed by atoms with Crippen molar-refractivity contribution >= 4 is 23.6 Å². The Morgan fingerprint density at radius 2 is 1.92 bits per heavy atom. The summed E-state index contributed by atoms with van der Waals surface area (Å²) in [6.45, 7) is 10.9. The fourth-order valence-corrected chi connectivity index (χ4v) is 2.33. The van der Waals surface area contributed by atoms with E-state index in [0.29, 0.717) is 5.76 Å². The van der Waals surface area contributed by atoms with E-state index in [9.17, 15) is 14.4 Å². The molecule has 1 aliphatic rings. The lowest BCUT2D eigenvalue weighted by Crippen LogP contribution is -2.45. The van der Waals surface area contributed by atoms with Crippen LogP contribution < -0.4 is 5.32 Å². The first-order valence-electron chi connectivity index (χ1n) is 8.16. The van der Waals surface area contributed by atoms with Crippen LogP contribution in [0.4, 0.5) is 10.6 Å². The molecule has 0 aromatic carbocycles. The fourth-order valence-electron chi connectivity index (χ4n) is 2.33. The predicted octanol–water partition coefficient (Wildman–Crippen LogP) is 2.49. The topological polar surface area (TPSA) is 102 Å². The van der Waals surface area contributed by atoms with Crippen molar-refractivity contribution in [2.24, 2.45) is 0 Å². The fraction of sp³-hybridized carbons (Fsp3) is 0.647. The van der Waals surface area contributed by atoms with E-state index in [-0.39, 0.29) is 30.0 Å². The van der Waals surface area contributed by atoms with E-state index in [2.05, 4.69) is 10.5 Å². The predicted molar refractivity (Wildman–Crippen MR) is 90.2 cm³/mol. The highest BCUT2D eigenvalue weighted by Gasteiger charge is 2.41. The highest BCUT2D eigenvalue weighted by Crippen LogP contribution is 2.25. The quantitative estimate of drug-likeness (QED) is 0.878. The van der Waals surface area contributed by atoms with Crippen LogP contribution in [0.25, 0.3) is 0 Å². The monoisotopic (exact) mass is 351 g/mol. The highest BCUT2D eigenvalue weighted by atomic mass is 16.6. The molecule has 0 unspecified atom stereocenters. The SMILES string of the molecule is CC(C)(C)OC(=O)N1CC(=O)C[C@H]1C(=O)Nc1cc(C(C)(C)C)on1. The second-order valence-corrected chi connectivity index (χ2v) is 8.18. The van der Waals surface area contributed by atoms with Gasteiger partial charge in [0.25, 0.3) is 0 Å². The minimum Gasteiger partial charge on any atom is -0.444 e. The van der Waals surface area contributed by atoms with Gasteiger partial charge in [-0.1, -0.05) is 25.9 Å². The second kappa shape index (κ2) is 6.50. The Balaban J connectivity index is 2.09. The molecule has 8 heteroatoms. The molecular formula is C17H25N3O5. The number of amides is 2. The van der Waals surface area contributed by atoms with Crippen LogP contribution in [0.1, 0.15) is 53.7 Å². The summed E-state index contributed by atoms with van der Waals surface area (Å²) in [6.07, 6.45) is -0.733. The van der Waals surface area contributed by atoms with Crippen LogP contribution >= 0.6 is 0 Å². The molecule has 0 saturated carbocycles. The van der Waals surface area contributed by atoms with Gasteiger partial charge in [-0.15, -0.1) is 0 Å². The minimum atomic E-state index is -0.919. The number of carbonyl (C=O) groups is 3. The van der Waals surface area contributed by atoms with Gasteiger partial charge in [0.1, 0.15) is 17.4 Å². The number of ether oxygens (including phenoxy) is 1. The Hall–Kier alpha value is -2.38. The number of Topliss-reactive ketones (excluding diaryl/α,β-unsaturated/α-hetero) is 1. The van der Waals surface area contributed by atoms with Gasteiger partial charge in [-0.2, -0.15) is 0 Å². The number of hydrogen-bond acceptors (Lipinski definition) is 6. The standard InChI is InChI=1S/C17H25N3O5/c1-16(2,3)12-8-13(19-25-12)18-14(22)11-7-10(21)9-20(11)15(23)24-17(4,5)6/h8,11H,7,9H2,1-6H3,(H,18,19,22)/t11-/m0/s1. The summed E-state index contributed by atoms with van der Waals surface area (Å²) in [5, 5.41) is 6.41. The van der Waals surface area contributed by atoms with E-state index in [1.54, 1.807) is 26.8 Å². The normalized spacial score (nSPS) is 18.4. The first kappa shape index (κ1) is 19.0. The maximum atomic E-state index is 12.5. The van der Waals surface area contributed by atoms with Crippen LogP contribution in [0.2, 0.25) is 0 Å². The molecule has 138 valence electrons. The minimum absolute atomic E-state index is 0.0466. The summed E-state index contributed by atoms with van der Waals surface area (Å²) < 4.78 is 10.5. The Labute approximate surface area is 146 Å². The number of ketones is 1. The molecule has 1 saturated heterocycles. The molecule has 25 heavy (non-hydrogen) atoms.